The van der Waals surface area contributed by atoms with Gasteiger partial charge in [0.25, 0.3) is 0 Å². The molecule has 0 fully saturated rings. The third-order valence-electron chi connectivity index (χ3n) is 2.83. The van der Waals surface area contributed by atoms with Gasteiger partial charge in [0.05, 0.1) is 12.5 Å². The maximum atomic E-state index is 11.8. The minimum absolute atomic E-state index is 0.0740. The molecule has 0 aromatic heterocycles. The summed E-state index contributed by atoms with van der Waals surface area (Å²) in [5, 5.41) is 6.25. The molecule has 1 heterocycles. The van der Waals surface area contributed by atoms with Crippen LogP contribution >= 0.6 is 0 Å². The second-order valence-corrected chi connectivity index (χ2v) is 3.80. The van der Waals surface area contributed by atoms with Crippen LogP contribution in [-0.4, -0.2) is 25.9 Å². The molecule has 3 nitrogen and oxygen atoms in total. The maximum Gasteiger partial charge on any atom is 0.155 e. The standard InChI is InChI=1S/C11H16N2O/c1-12-7-10(14)9-4-2-3-8-5-6-13-11(8)9/h2-3,9,12-13H,4-7H2,1H3. The molecule has 14 heavy (non-hydrogen) atoms. The minimum atomic E-state index is 0.0740. The molecule has 0 amide bonds. The predicted octanol–water partition coefficient (Wildman–Crippen LogP) is 0.598. The van der Waals surface area contributed by atoms with E-state index in [0.717, 1.165) is 19.4 Å². The minimum Gasteiger partial charge on any atom is -0.387 e. The second kappa shape index (κ2) is 3.96. The van der Waals surface area contributed by atoms with Gasteiger partial charge in [-0.15, -0.1) is 0 Å². The first-order valence-electron chi connectivity index (χ1n) is 5.13. The summed E-state index contributed by atoms with van der Waals surface area (Å²) in [6, 6.07) is 0. The van der Waals surface area contributed by atoms with E-state index in [4.69, 9.17) is 0 Å². The van der Waals surface area contributed by atoms with Crippen molar-refractivity contribution in [2.24, 2.45) is 5.92 Å². The smallest absolute Gasteiger partial charge is 0.155 e. The van der Waals surface area contributed by atoms with Crippen molar-refractivity contribution in [1.82, 2.24) is 10.6 Å². The Bertz CT molecular complexity index is 304. The number of hydrogen-bond donors (Lipinski definition) is 2. The summed E-state index contributed by atoms with van der Waals surface area (Å²) in [4.78, 5) is 11.8. The van der Waals surface area contributed by atoms with Crippen molar-refractivity contribution in [2.45, 2.75) is 12.8 Å². The summed E-state index contributed by atoms with van der Waals surface area (Å²) in [5.74, 6) is 0.365. The number of hydrogen-bond acceptors (Lipinski definition) is 3. The number of carbonyl (C=O) groups is 1. The Morgan fingerprint density at radius 1 is 1.71 bits per heavy atom. The average molecular weight is 192 g/mol. The van der Waals surface area contributed by atoms with Crippen LogP contribution in [0.4, 0.5) is 0 Å². The summed E-state index contributed by atoms with van der Waals surface area (Å²) < 4.78 is 0. The third-order valence-corrected chi connectivity index (χ3v) is 2.83. The largest absolute Gasteiger partial charge is 0.387 e. The van der Waals surface area contributed by atoms with Gasteiger partial charge in [-0.3, -0.25) is 4.79 Å². The fourth-order valence-corrected chi connectivity index (χ4v) is 2.15. The molecule has 2 aliphatic rings. The van der Waals surface area contributed by atoms with Crippen LogP contribution in [0.15, 0.2) is 23.4 Å². The molecule has 0 bridgehead atoms. The van der Waals surface area contributed by atoms with Crippen LogP contribution in [0.2, 0.25) is 0 Å². The van der Waals surface area contributed by atoms with Gasteiger partial charge in [0.1, 0.15) is 0 Å². The van der Waals surface area contributed by atoms with Crippen molar-refractivity contribution in [3.63, 3.8) is 0 Å². The monoisotopic (exact) mass is 192 g/mol. The highest BCUT2D eigenvalue weighted by atomic mass is 16.1. The molecule has 1 aliphatic heterocycles. The van der Waals surface area contributed by atoms with Gasteiger partial charge < -0.3 is 10.6 Å². The third kappa shape index (κ3) is 1.60. The number of Topliss-reactive ketones (excluding diaryl/α,β-unsaturated/α-hetero) is 1. The van der Waals surface area contributed by atoms with Gasteiger partial charge in [0, 0.05) is 12.2 Å². The molecule has 76 valence electrons. The Hall–Kier alpha value is -1.09. The van der Waals surface area contributed by atoms with Crippen LogP contribution in [0, 0.1) is 5.92 Å². The first kappa shape index (κ1) is 9.46. The lowest BCUT2D eigenvalue weighted by atomic mass is 9.89. The lowest BCUT2D eigenvalue weighted by Gasteiger charge is -2.20. The van der Waals surface area contributed by atoms with Gasteiger partial charge in [-0.05, 0) is 25.5 Å². The summed E-state index contributed by atoms with van der Waals surface area (Å²) in [5.41, 5.74) is 2.50. The van der Waals surface area contributed by atoms with E-state index in [-0.39, 0.29) is 5.92 Å². The number of likely N-dealkylation sites (N-methyl/N-ethyl adjacent to an activating group) is 1. The first-order chi connectivity index (χ1) is 6.83. The van der Waals surface area contributed by atoms with Gasteiger partial charge in [-0.25, -0.2) is 0 Å². The summed E-state index contributed by atoms with van der Waals surface area (Å²) >= 11 is 0. The van der Waals surface area contributed by atoms with Gasteiger partial charge in [0.15, 0.2) is 5.78 Å². The van der Waals surface area contributed by atoms with Crippen LogP contribution in [-0.2, 0) is 4.79 Å². The zero-order valence-electron chi connectivity index (χ0n) is 8.47. The molecule has 2 N–H and O–H groups in total. The van der Waals surface area contributed by atoms with Crippen LogP contribution < -0.4 is 10.6 Å². The Kier molecular flexibility index (Phi) is 2.68. The summed E-state index contributed by atoms with van der Waals surface area (Å²) in [6.07, 6.45) is 6.18. The molecule has 0 radical (unpaired) electrons. The highest BCUT2D eigenvalue weighted by Gasteiger charge is 2.28. The number of rotatable bonds is 3. The van der Waals surface area contributed by atoms with Crippen molar-refractivity contribution in [3.8, 4) is 0 Å². The molecular weight excluding hydrogens is 176 g/mol. The molecule has 3 heteroatoms. The van der Waals surface area contributed by atoms with Crippen LogP contribution in [0.1, 0.15) is 12.8 Å². The molecule has 0 aromatic carbocycles. The zero-order chi connectivity index (χ0) is 9.97. The SMILES string of the molecule is CNCC(=O)C1CC=CC2=C1NCC2. The molecule has 0 aromatic rings. The van der Waals surface area contributed by atoms with Crippen molar-refractivity contribution >= 4 is 5.78 Å². The molecule has 0 spiro atoms. The molecule has 1 atom stereocenters. The second-order valence-electron chi connectivity index (χ2n) is 3.80. The van der Waals surface area contributed by atoms with E-state index in [9.17, 15) is 4.79 Å². The van der Waals surface area contributed by atoms with E-state index < -0.39 is 0 Å². The van der Waals surface area contributed by atoms with Gasteiger partial charge in [0.2, 0.25) is 0 Å². The molecule has 0 saturated heterocycles. The summed E-state index contributed by atoms with van der Waals surface area (Å²) in [6.45, 7) is 1.45. The van der Waals surface area contributed by atoms with Crippen molar-refractivity contribution < 1.29 is 4.79 Å². The molecular formula is C11H16N2O. The van der Waals surface area contributed by atoms with E-state index in [1.807, 2.05) is 7.05 Å². The summed E-state index contributed by atoms with van der Waals surface area (Å²) in [7, 11) is 1.81. The zero-order valence-corrected chi connectivity index (χ0v) is 8.47. The van der Waals surface area contributed by atoms with E-state index in [2.05, 4.69) is 22.8 Å². The van der Waals surface area contributed by atoms with Crippen LogP contribution in [0.25, 0.3) is 0 Å². The van der Waals surface area contributed by atoms with Crippen LogP contribution in [0.3, 0.4) is 0 Å². The van der Waals surface area contributed by atoms with Crippen molar-refractivity contribution in [2.75, 3.05) is 20.1 Å². The lowest BCUT2D eigenvalue weighted by molar-refractivity contribution is -0.120. The number of nitrogens with one attached hydrogen (secondary N) is 2. The van der Waals surface area contributed by atoms with Gasteiger partial charge in [-0.1, -0.05) is 12.2 Å². The van der Waals surface area contributed by atoms with Crippen molar-refractivity contribution in [1.29, 1.82) is 0 Å². The quantitative estimate of drug-likeness (QED) is 0.688. The van der Waals surface area contributed by atoms with E-state index in [1.54, 1.807) is 0 Å². The van der Waals surface area contributed by atoms with E-state index in [1.165, 1.54) is 11.3 Å². The molecule has 2 rings (SSSR count). The predicted molar refractivity (Wildman–Crippen MR) is 55.8 cm³/mol. The Labute approximate surface area is 84.3 Å². The lowest BCUT2D eigenvalue weighted by Crippen LogP contribution is -2.31. The fourth-order valence-electron chi connectivity index (χ4n) is 2.15. The Balaban J connectivity index is 2.14. The van der Waals surface area contributed by atoms with Crippen LogP contribution in [0.5, 0.6) is 0 Å². The highest BCUT2D eigenvalue weighted by Crippen LogP contribution is 2.29. The first-order valence-corrected chi connectivity index (χ1v) is 5.13. The Morgan fingerprint density at radius 2 is 2.57 bits per heavy atom. The van der Waals surface area contributed by atoms with Crippen molar-refractivity contribution in [3.05, 3.63) is 23.4 Å². The van der Waals surface area contributed by atoms with Gasteiger partial charge in [-0.2, -0.15) is 0 Å². The number of allylic oxidation sites excluding steroid dienone is 3. The average Bonchev–Trinajstić information content (AvgIpc) is 2.65. The molecule has 1 aliphatic carbocycles. The van der Waals surface area contributed by atoms with E-state index in [0.29, 0.717) is 12.3 Å². The number of carbonyl (C=O) groups excluding carboxylic acids is 1. The topological polar surface area (TPSA) is 41.1 Å². The fraction of sp³-hybridized carbons (Fsp3) is 0.545. The van der Waals surface area contributed by atoms with Gasteiger partial charge >= 0.3 is 0 Å². The van der Waals surface area contributed by atoms with E-state index >= 15 is 0 Å². The highest BCUT2D eigenvalue weighted by molar-refractivity contribution is 5.86. The molecule has 1 unspecified atom stereocenters. The molecule has 0 saturated carbocycles. The Morgan fingerprint density at radius 3 is 3.36 bits per heavy atom. The maximum absolute atomic E-state index is 11.8. The normalized spacial score (nSPS) is 24.8. The number of ketones is 1.